The number of rotatable bonds is 4. The van der Waals surface area contributed by atoms with Gasteiger partial charge in [-0.1, -0.05) is 64.6 Å². The van der Waals surface area contributed by atoms with E-state index in [-0.39, 0.29) is 0 Å². The predicted octanol–water partition coefficient (Wildman–Crippen LogP) is 7.38. The van der Waals surface area contributed by atoms with Gasteiger partial charge in [0.15, 0.2) is 5.65 Å². The Balaban J connectivity index is 1.76. The maximum absolute atomic E-state index is 6.40. The van der Waals surface area contributed by atoms with E-state index in [4.69, 9.17) is 46.4 Å². The van der Waals surface area contributed by atoms with E-state index in [0.29, 0.717) is 38.0 Å². The number of nitrogens with one attached hydrogen (secondary N) is 1. The molecule has 0 amide bonds. The lowest BCUT2D eigenvalue weighted by Gasteiger charge is -2.12. The molecule has 4 aromatic rings. The normalized spacial score (nSPS) is 11.2. The van der Waals surface area contributed by atoms with Crippen molar-refractivity contribution in [2.75, 3.05) is 5.32 Å². The summed E-state index contributed by atoms with van der Waals surface area (Å²) >= 11 is 28.2. The number of hydrogen-bond donors (Lipinski definition) is 1. The molecule has 4 rings (SSSR count). The predicted molar refractivity (Wildman–Crippen MR) is 120 cm³/mol. The monoisotopic (exact) mass is 514 g/mol. The lowest BCUT2D eigenvalue weighted by molar-refractivity contribution is 0.927. The van der Waals surface area contributed by atoms with Gasteiger partial charge in [-0.15, -0.1) is 0 Å². The van der Waals surface area contributed by atoms with Gasteiger partial charge in [-0.3, -0.25) is 0 Å². The molecule has 4 nitrogen and oxygen atoms in total. The summed E-state index contributed by atoms with van der Waals surface area (Å²) in [5, 5.41) is 9.70. The van der Waals surface area contributed by atoms with E-state index in [1.807, 2.05) is 30.3 Å². The fourth-order valence-corrected chi connectivity index (χ4v) is 3.81. The van der Waals surface area contributed by atoms with E-state index in [1.54, 1.807) is 22.8 Å². The molecule has 2 heterocycles. The van der Waals surface area contributed by atoms with Crippen LogP contribution in [-0.2, 0) is 6.54 Å². The van der Waals surface area contributed by atoms with Crippen molar-refractivity contribution in [3.05, 3.63) is 78.8 Å². The highest BCUT2D eigenvalue weighted by Gasteiger charge is 2.14. The molecule has 0 aliphatic rings. The topological polar surface area (TPSA) is 42.2 Å². The third kappa shape index (κ3) is 3.82. The summed E-state index contributed by atoms with van der Waals surface area (Å²) in [5.41, 5.74) is 3.05. The van der Waals surface area contributed by atoms with Crippen molar-refractivity contribution in [1.82, 2.24) is 14.6 Å². The van der Waals surface area contributed by atoms with Gasteiger partial charge in [0.2, 0.25) is 0 Å². The number of hydrogen-bond acceptors (Lipinski definition) is 3. The molecule has 2 aromatic heterocycles. The van der Waals surface area contributed by atoms with E-state index in [1.165, 1.54) is 0 Å². The van der Waals surface area contributed by atoms with E-state index >= 15 is 0 Å². The van der Waals surface area contributed by atoms with Crippen LogP contribution in [0.1, 0.15) is 5.56 Å². The van der Waals surface area contributed by atoms with Gasteiger partial charge in [0, 0.05) is 18.2 Å². The minimum absolute atomic E-state index is 0.451. The number of nitrogens with zero attached hydrogens (tertiary/aromatic N) is 3. The van der Waals surface area contributed by atoms with Crippen LogP contribution in [0.15, 0.2) is 53.1 Å². The smallest absolute Gasteiger partial charge is 0.172 e. The van der Waals surface area contributed by atoms with Gasteiger partial charge in [0.1, 0.15) is 5.82 Å². The van der Waals surface area contributed by atoms with Crippen LogP contribution in [-0.4, -0.2) is 14.6 Å². The maximum Gasteiger partial charge on any atom is 0.172 e. The van der Waals surface area contributed by atoms with Crippen LogP contribution >= 0.6 is 62.3 Å². The zero-order valence-corrected chi connectivity index (χ0v) is 18.7. The van der Waals surface area contributed by atoms with Crippen molar-refractivity contribution >= 4 is 73.8 Å². The van der Waals surface area contributed by atoms with E-state index < -0.39 is 0 Å². The Morgan fingerprint density at radius 2 is 1.79 bits per heavy atom. The lowest BCUT2D eigenvalue weighted by Crippen LogP contribution is -2.07. The maximum atomic E-state index is 6.40. The average molecular weight is 517 g/mol. The Morgan fingerprint density at radius 1 is 0.964 bits per heavy atom. The Kier molecular flexibility index (Phi) is 5.72. The molecule has 0 spiro atoms. The first kappa shape index (κ1) is 19.8. The van der Waals surface area contributed by atoms with Crippen molar-refractivity contribution in [3.63, 3.8) is 0 Å². The number of fused-ring (bicyclic) bond motifs is 1. The zero-order valence-electron chi connectivity index (χ0n) is 14.1. The molecule has 28 heavy (non-hydrogen) atoms. The molecule has 0 unspecified atom stereocenters. The molecule has 9 heteroatoms. The third-order valence-corrected chi connectivity index (χ3v) is 6.23. The highest BCUT2D eigenvalue weighted by molar-refractivity contribution is 9.10. The van der Waals surface area contributed by atoms with Crippen molar-refractivity contribution in [2.45, 2.75) is 6.54 Å². The second-order valence-electron chi connectivity index (χ2n) is 5.96. The van der Waals surface area contributed by atoms with Gasteiger partial charge < -0.3 is 5.32 Å². The molecule has 0 radical (unpaired) electrons. The molecule has 0 saturated heterocycles. The Bertz CT molecular complexity index is 1190. The summed E-state index contributed by atoms with van der Waals surface area (Å²) < 4.78 is 2.48. The van der Waals surface area contributed by atoms with Gasteiger partial charge in [0.05, 0.1) is 36.5 Å². The SMILES string of the molecule is Clc1ccc(CNc2cc(-c3cccc(Cl)c3Cl)nc3c(Br)cnn23)cc1Cl. The zero-order chi connectivity index (χ0) is 19.8. The minimum atomic E-state index is 0.451. The highest BCUT2D eigenvalue weighted by atomic mass is 79.9. The molecule has 0 aliphatic carbocycles. The molecule has 0 bridgehead atoms. The molecule has 1 N–H and O–H groups in total. The van der Waals surface area contributed by atoms with Crippen LogP contribution in [0.4, 0.5) is 5.82 Å². The van der Waals surface area contributed by atoms with Crippen molar-refractivity contribution in [2.24, 2.45) is 0 Å². The molecule has 0 saturated carbocycles. The number of anilines is 1. The number of benzene rings is 2. The molecule has 0 atom stereocenters. The molecular formula is C19H11BrCl4N4. The minimum Gasteiger partial charge on any atom is -0.366 e. The fraction of sp³-hybridized carbons (Fsp3) is 0.0526. The first-order chi connectivity index (χ1) is 13.4. The summed E-state index contributed by atoms with van der Waals surface area (Å²) in [6, 6.07) is 12.8. The van der Waals surface area contributed by atoms with Gasteiger partial charge in [-0.2, -0.15) is 9.61 Å². The quantitative estimate of drug-likeness (QED) is 0.307. The fourth-order valence-electron chi connectivity index (χ4n) is 2.74. The summed E-state index contributed by atoms with van der Waals surface area (Å²) in [6.07, 6.45) is 1.69. The summed E-state index contributed by atoms with van der Waals surface area (Å²) in [7, 11) is 0. The van der Waals surface area contributed by atoms with Crippen molar-refractivity contribution in [1.29, 1.82) is 0 Å². The third-order valence-electron chi connectivity index (χ3n) is 4.11. The van der Waals surface area contributed by atoms with Crippen molar-refractivity contribution in [3.8, 4) is 11.3 Å². The van der Waals surface area contributed by atoms with Gasteiger partial charge >= 0.3 is 0 Å². The van der Waals surface area contributed by atoms with Gasteiger partial charge in [0.25, 0.3) is 0 Å². The standard InChI is InChI=1S/C19H11BrCl4N4/c20-12-9-26-28-17(25-8-10-4-5-13(21)15(23)6-10)7-16(27-19(12)28)11-2-1-3-14(22)18(11)24/h1-7,9,25H,8H2. The summed E-state index contributed by atoms with van der Waals surface area (Å²) in [5.74, 6) is 0.743. The van der Waals surface area contributed by atoms with Crippen LogP contribution in [0.3, 0.4) is 0 Å². The van der Waals surface area contributed by atoms with Crippen LogP contribution in [0.5, 0.6) is 0 Å². The lowest BCUT2D eigenvalue weighted by atomic mass is 10.1. The largest absolute Gasteiger partial charge is 0.366 e. The van der Waals surface area contributed by atoms with E-state index in [2.05, 4.69) is 31.3 Å². The van der Waals surface area contributed by atoms with Crippen LogP contribution < -0.4 is 5.32 Å². The summed E-state index contributed by atoms with van der Waals surface area (Å²) in [6.45, 7) is 0.524. The Labute approximate surface area is 189 Å². The molecule has 142 valence electrons. The van der Waals surface area contributed by atoms with Crippen molar-refractivity contribution < 1.29 is 0 Å². The van der Waals surface area contributed by atoms with E-state index in [0.717, 1.165) is 21.4 Å². The second kappa shape index (κ2) is 8.09. The van der Waals surface area contributed by atoms with Gasteiger partial charge in [-0.25, -0.2) is 4.98 Å². The highest BCUT2D eigenvalue weighted by Crippen LogP contribution is 2.34. The number of aromatic nitrogens is 3. The average Bonchev–Trinajstić information content (AvgIpc) is 3.06. The molecule has 2 aromatic carbocycles. The molecular weight excluding hydrogens is 506 g/mol. The Hall–Kier alpha value is -1.50. The van der Waals surface area contributed by atoms with E-state index in [9.17, 15) is 0 Å². The first-order valence-corrected chi connectivity index (χ1v) is 10.4. The molecule has 0 aliphatic heterocycles. The van der Waals surface area contributed by atoms with Crippen LogP contribution in [0.25, 0.3) is 16.9 Å². The first-order valence-electron chi connectivity index (χ1n) is 8.10. The Morgan fingerprint density at radius 3 is 2.57 bits per heavy atom. The van der Waals surface area contributed by atoms with Crippen LogP contribution in [0, 0.1) is 0 Å². The summed E-state index contributed by atoms with van der Waals surface area (Å²) in [4.78, 5) is 4.68. The molecule has 0 fully saturated rings. The van der Waals surface area contributed by atoms with Crippen LogP contribution in [0.2, 0.25) is 20.1 Å². The number of halogens is 5. The second-order valence-corrected chi connectivity index (χ2v) is 8.41. The van der Waals surface area contributed by atoms with Gasteiger partial charge in [-0.05, 0) is 39.7 Å².